The molecule has 1 amide bonds. The number of rotatable bonds is 8. The summed E-state index contributed by atoms with van der Waals surface area (Å²) in [6.07, 6.45) is 0. The molecule has 0 saturated carbocycles. The number of carbonyl (C=O) groups is 1. The highest BCUT2D eigenvalue weighted by Crippen LogP contribution is 2.19. The molecule has 0 spiro atoms. The zero-order valence-corrected chi connectivity index (χ0v) is 13.9. The Kier molecular flexibility index (Phi) is 7.47. The van der Waals surface area contributed by atoms with Crippen LogP contribution in [0.1, 0.15) is 31.3 Å². The number of nitrogens with one attached hydrogen (secondary N) is 1. The zero-order valence-electron chi connectivity index (χ0n) is 13.1. The zero-order chi connectivity index (χ0) is 15.8. The van der Waals surface area contributed by atoms with Crippen LogP contribution in [0.15, 0.2) is 12.1 Å². The maximum atomic E-state index is 12.7. The van der Waals surface area contributed by atoms with Crippen LogP contribution >= 0.6 is 11.6 Å². The number of anilines is 1. The Labute approximate surface area is 131 Å². The molecule has 0 aliphatic heterocycles. The molecule has 0 aromatic carbocycles. The van der Waals surface area contributed by atoms with E-state index in [1.165, 1.54) is 0 Å². The second-order valence-electron chi connectivity index (χ2n) is 5.20. The number of amides is 1. The third-order valence-corrected chi connectivity index (χ3v) is 3.15. The van der Waals surface area contributed by atoms with E-state index in [4.69, 9.17) is 16.3 Å². The van der Waals surface area contributed by atoms with E-state index in [9.17, 15) is 4.79 Å². The molecule has 0 aliphatic rings. The van der Waals surface area contributed by atoms with Gasteiger partial charge < -0.3 is 15.0 Å². The lowest BCUT2D eigenvalue weighted by Crippen LogP contribution is -2.37. The van der Waals surface area contributed by atoms with Crippen molar-refractivity contribution in [2.45, 2.75) is 20.8 Å². The van der Waals surface area contributed by atoms with Gasteiger partial charge in [0.05, 0.1) is 11.6 Å². The summed E-state index contributed by atoms with van der Waals surface area (Å²) >= 11 is 6.14. The van der Waals surface area contributed by atoms with Gasteiger partial charge in [-0.1, -0.05) is 25.4 Å². The topological polar surface area (TPSA) is 54.5 Å². The maximum absolute atomic E-state index is 12.7. The fourth-order valence-electron chi connectivity index (χ4n) is 1.94. The molecule has 0 radical (unpaired) electrons. The van der Waals surface area contributed by atoms with E-state index in [2.05, 4.69) is 24.1 Å². The fraction of sp³-hybridized carbons (Fsp3) is 0.600. The van der Waals surface area contributed by atoms with E-state index in [1.54, 1.807) is 24.1 Å². The standard InChI is InChI=1S/C15H24ClN3O2/c1-5-17-13-7-6-12(16)14(18-13)15(20)19(8-9-21-4)10-11(2)3/h6-7,11H,5,8-10H2,1-4H3,(H,17,18). The van der Waals surface area contributed by atoms with Crippen LogP contribution in [0.25, 0.3) is 0 Å². The minimum Gasteiger partial charge on any atom is -0.383 e. The molecule has 1 aromatic heterocycles. The molecule has 0 atom stereocenters. The summed E-state index contributed by atoms with van der Waals surface area (Å²) in [5.74, 6) is 0.855. The molecule has 1 rings (SSSR count). The van der Waals surface area contributed by atoms with Gasteiger partial charge in [-0.3, -0.25) is 4.79 Å². The molecule has 0 saturated heterocycles. The van der Waals surface area contributed by atoms with Crippen molar-refractivity contribution in [1.82, 2.24) is 9.88 Å². The smallest absolute Gasteiger partial charge is 0.274 e. The van der Waals surface area contributed by atoms with Gasteiger partial charge in [0.15, 0.2) is 0 Å². The van der Waals surface area contributed by atoms with Crippen LogP contribution in [0.2, 0.25) is 5.02 Å². The van der Waals surface area contributed by atoms with Crippen LogP contribution in [-0.2, 0) is 4.74 Å². The highest BCUT2D eigenvalue weighted by Gasteiger charge is 2.21. The van der Waals surface area contributed by atoms with Gasteiger partial charge >= 0.3 is 0 Å². The first kappa shape index (κ1) is 17.7. The highest BCUT2D eigenvalue weighted by molar-refractivity contribution is 6.33. The van der Waals surface area contributed by atoms with Gasteiger partial charge in [0.25, 0.3) is 5.91 Å². The average molecular weight is 314 g/mol. The first-order valence-electron chi connectivity index (χ1n) is 7.18. The van der Waals surface area contributed by atoms with Crippen molar-refractivity contribution in [3.63, 3.8) is 0 Å². The number of nitrogens with zero attached hydrogens (tertiary/aromatic N) is 2. The summed E-state index contributed by atoms with van der Waals surface area (Å²) in [5.41, 5.74) is 0.284. The van der Waals surface area contributed by atoms with Gasteiger partial charge in [-0.05, 0) is 25.0 Å². The molecule has 0 unspecified atom stereocenters. The van der Waals surface area contributed by atoms with Crippen molar-refractivity contribution in [3.8, 4) is 0 Å². The van der Waals surface area contributed by atoms with Crippen LogP contribution in [0.3, 0.4) is 0 Å². The van der Waals surface area contributed by atoms with Crippen LogP contribution in [0, 0.1) is 5.92 Å². The summed E-state index contributed by atoms with van der Waals surface area (Å²) in [4.78, 5) is 18.7. The van der Waals surface area contributed by atoms with Gasteiger partial charge in [0.2, 0.25) is 0 Å². The number of halogens is 1. The van der Waals surface area contributed by atoms with Crippen LogP contribution < -0.4 is 5.32 Å². The lowest BCUT2D eigenvalue weighted by molar-refractivity contribution is 0.0667. The molecule has 6 heteroatoms. The molecule has 118 valence electrons. The van der Waals surface area contributed by atoms with Crippen molar-refractivity contribution < 1.29 is 9.53 Å². The molecule has 1 heterocycles. The van der Waals surface area contributed by atoms with E-state index in [1.807, 2.05) is 6.92 Å². The average Bonchev–Trinajstić information content (AvgIpc) is 2.44. The van der Waals surface area contributed by atoms with E-state index in [-0.39, 0.29) is 11.6 Å². The van der Waals surface area contributed by atoms with Gasteiger partial charge in [0, 0.05) is 26.7 Å². The molecular weight excluding hydrogens is 290 g/mol. The Morgan fingerprint density at radius 3 is 2.76 bits per heavy atom. The van der Waals surface area contributed by atoms with E-state index in [0.29, 0.717) is 36.5 Å². The van der Waals surface area contributed by atoms with Crippen LogP contribution in [-0.4, -0.2) is 49.1 Å². The highest BCUT2D eigenvalue weighted by atomic mass is 35.5. The summed E-state index contributed by atoms with van der Waals surface area (Å²) in [7, 11) is 1.62. The number of methoxy groups -OCH3 is 1. The predicted octanol–water partition coefficient (Wildman–Crippen LogP) is 2.91. The molecule has 21 heavy (non-hydrogen) atoms. The number of aromatic nitrogens is 1. The molecule has 1 N–H and O–H groups in total. The first-order valence-corrected chi connectivity index (χ1v) is 7.56. The molecular formula is C15H24ClN3O2. The lowest BCUT2D eigenvalue weighted by Gasteiger charge is -2.24. The van der Waals surface area contributed by atoms with Gasteiger partial charge in [-0.25, -0.2) is 4.98 Å². The van der Waals surface area contributed by atoms with E-state index >= 15 is 0 Å². The SMILES string of the molecule is CCNc1ccc(Cl)c(C(=O)N(CCOC)CC(C)C)n1. The summed E-state index contributed by atoms with van der Waals surface area (Å²) in [5, 5.41) is 3.46. The summed E-state index contributed by atoms with van der Waals surface area (Å²) < 4.78 is 5.07. The van der Waals surface area contributed by atoms with Gasteiger partial charge in [0.1, 0.15) is 11.5 Å². The predicted molar refractivity (Wildman–Crippen MR) is 86.0 cm³/mol. The Morgan fingerprint density at radius 2 is 2.19 bits per heavy atom. The molecule has 0 aliphatic carbocycles. The largest absolute Gasteiger partial charge is 0.383 e. The Balaban J connectivity index is 2.98. The van der Waals surface area contributed by atoms with E-state index in [0.717, 1.165) is 6.54 Å². The Bertz CT molecular complexity index is 466. The van der Waals surface area contributed by atoms with Gasteiger partial charge in [-0.15, -0.1) is 0 Å². The van der Waals surface area contributed by atoms with Crippen molar-refractivity contribution >= 4 is 23.3 Å². The number of pyridine rings is 1. The van der Waals surface area contributed by atoms with Gasteiger partial charge in [-0.2, -0.15) is 0 Å². The minimum atomic E-state index is -0.162. The molecule has 0 bridgehead atoms. The van der Waals surface area contributed by atoms with Crippen LogP contribution in [0.4, 0.5) is 5.82 Å². The summed E-state index contributed by atoms with van der Waals surface area (Å²) in [6, 6.07) is 3.47. The van der Waals surface area contributed by atoms with Crippen molar-refractivity contribution in [2.24, 2.45) is 5.92 Å². The molecule has 1 aromatic rings. The summed E-state index contributed by atoms with van der Waals surface area (Å²) in [6.45, 7) is 8.50. The van der Waals surface area contributed by atoms with Crippen molar-refractivity contribution in [1.29, 1.82) is 0 Å². The third-order valence-electron chi connectivity index (χ3n) is 2.84. The quantitative estimate of drug-likeness (QED) is 0.802. The lowest BCUT2D eigenvalue weighted by atomic mass is 10.2. The number of carbonyl (C=O) groups excluding carboxylic acids is 1. The fourth-order valence-corrected chi connectivity index (χ4v) is 2.13. The molecule has 0 fully saturated rings. The number of hydrogen-bond acceptors (Lipinski definition) is 4. The van der Waals surface area contributed by atoms with E-state index < -0.39 is 0 Å². The Hall–Kier alpha value is -1.33. The first-order chi connectivity index (χ1) is 9.99. The monoisotopic (exact) mass is 313 g/mol. The number of hydrogen-bond donors (Lipinski definition) is 1. The van der Waals surface area contributed by atoms with Crippen LogP contribution in [0.5, 0.6) is 0 Å². The minimum absolute atomic E-state index is 0.162. The van der Waals surface area contributed by atoms with Crippen molar-refractivity contribution in [3.05, 3.63) is 22.8 Å². The second-order valence-corrected chi connectivity index (χ2v) is 5.60. The molecule has 5 nitrogen and oxygen atoms in total. The third kappa shape index (κ3) is 5.52. The second kappa shape index (κ2) is 8.85. The van der Waals surface area contributed by atoms with Crippen molar-refractivity contribution in [2.75, 3.05) is 38.7 Å². The Morgan fingerprint density at radius 1 is 1.48 bits per heavy atom. The number of ether oxygens (including phenoxy) is 1. The maximum Gasteiger partial charge on any atom is 0.274 e. The normalized spacial score (nSPS) is 10.8.